The van der Waals surface area contributed by atoms with E-state index < -0.39 is 0 Å². The highest BCUT2D eigenvalue weighted by atomic mass is 16.7. The summed E-state index contributed by atoms with van der Waals surface area (Å²) in [4.78, 5) is 45.8. The number of para-hydroxylation sites is 1. The summed E-state index contributed by atoms with van der Waals surface area (Å²) in [7, 11) is 1.50. The molecular formula is C37H48N4O7. The van der Waals surface area contributed by atoms with Gasteiger partial charge in [-0.2, -0.15) is 0 Å². The van der Waals surface area contributed by atoms with Crippen LogP contribution in [-0.4, -0.2) is 68.3 Å². The number of hydroxylamine groups is 1. The van der Waals surface area contributed by atoms with E-state index in [2.05, 4.69) is 15.5 Å². The van der Waals surface area contributed by atoms with Crippen molar-refractivity contribution in [2.45, 2.75) is 71.4 Å². The minimum atomic E-state index is -0.372. The lowest BCUT2D eigenvalue weighted by molar-refractivity contribution is -0.141. The molecule has 0 aliphatic carbocycles. The summed E-state index contributed by atoms with van der Waals surface area (Å²) < 4.78 is 16.8. The highest BCUT2D eigenvalue weighted by Gasteiger charge is 2.24. The third-order valence-corrected chi connectivity index (χ3v) is 8.22. The van der Waals surface area contributed by atoms with E-state index in [1.807, 2.05) is 44.2 Å². The van der Waals surface area contributed by atoms with Crippen LogP contribution in [0.1, 0.15) is 69.7 Å². The predicted molar refractivity (Wildman–Crippen MR) is 186 cm³/mol. The number of benzene rings is 3. The molecular weight excluding hydrogens is 612 g/mol. The maximum atomic E-state index is 13.8. The molecule has 258 valence electrons. The van der Waals surface area contributed by atoms with E-state index >= 15 is 0 Å². The molecule has 3 aromatic rings. The number of carbonyl (C=O) groups excluding carboxylic acids is 3. The number of piperidine rings is 1. The van der Waals surface area contributed by atoms with Crippen molar-refractivity contribution >= 4 is 29.3 Å². The maximum Gasteiger partial charge on any atom is 0.319 e. The Kier molecular flexibility index (Phi) is 13.9. The second-order valence-corrected chi connectivity index (χ2v) is 11.7. The van der Waals surface area contributed by atoms with Crippen molar-refractivity contribution in [3.8, 4) is 17.2 Å². The number of nitrogens with zero attached hydrogens (tertiary/aromatic N) is 2. The van der Waals surface area contributed by atoms with E-state index in [-0.39, 0.29) is 30.1 Å². The molecule has 0 unspecified atom stereocenters. The summed E-state index contributed by atoms with van der Waals surface area (Å²) in [5.41, 5.74) is 1.48. The van der Waals surface area contributed by atoms with E-state index in [9.17, 15) is 14.4 Å². The topological polar surface area (TPSA) is 119 Å². The summed E-state index contributed by atoms with van der Waals surface area (Å²) in [6.45, 7) is 8.83. The zero-order valence-corrected chi connectivity index (χ0v) is 28.4. The number of urea groups is 1. The second-order valence-electron chi connectivity index (χ2n) is 11.7. The van der Waals surface area contributed by atoms with Crippen molar-refractivity contribution in [2.75, 3.05) is 43.7 Å². The molecule has 4 rings (SSSR count). The Morgan fingerprint density at radius 1 is 0.917 bits per heavy atom. The average Bonchev–Trinajstić information content (AvgIpc) is 3.10. The van der Waals surface area contributed by atoms with Crippen LogP contribution in [0.5, 0.6) is 17.2 Å². The number of rotatable bonds is 16. The van der Waals surface area contributed by atoms with Gasteiger partial charge in [0, 0.05) is 43.4 Å². The molecule has 0 bridgehead atoms. The van der Waals surface area contributed by atoms with E-state index in [4.69, 9.17) is 19.0 Å². The van der Waals surface area contributed by atoms with Gasteiger partial charge in [-0.05, 0) is 93.6 Å². The van der Waals surface area contributed by atoms with Gasteiger partial charge in [0.2, 0.25) is 0 Å². The van der Waals surface area contributed by atoms with Crippen LogP contribution in [0.15, 0.2) is 72.8 Å². The van der Waals surface area contributed by atoms with Gasteiger partial charge >= 0.3 is 12.0 Å². The minimum Gasteiger partial charge on any atom is -0.493 e. The van der Waals surface area contributed by atoms with Crippen LogP contribution in [0.3, 0.4) is 0 Å². The van der Waals surface area contributed by atoms with Crippen LogP contribution in [0.4, 0.5) is 16.2 Å². The molecule has 0 atom stereocenters. The third kappa shape index (κ3) is 10.9. The molecule has 1 fully saturated rings. The molecule has 3 aromatic carbocycles. The Morgan fingerprint density at radius 3 is 2.27 bits per heavy atom. The third-order valence-electron chi connectivity index (χ3n) is 8.22. The number of unbranched alkanes of at least 4 members (excludes halogenated alkanes) is 1. The molecule has 0 radical (unpaired) electrons. The molecule has 48 heavy (non-hydrogen) atoms. The van der Waals surface area contributed by atoms with Crippen molar-refractivity contribution in [3.05, 3.63) is 78.4 Å². The van der Waals surface area contributed by atoms with Crippen molar-refractivity contribution < 1.29 is 33.4 Å². The molecule has 1 aliphatic heterocycles. The summed E-state index contributed by atoms with van der Waals surface area (Å²) >= 11 is 0. The zero-order chi connectivity index (χ0) is 34.3. The first-order valence-electron chi connectivity index (χ1n) is 16.7. The first-order chi connectivity index (χ1) is 23.3. The summed E-state index contributed by atoms with van der Waals surface area (Å²) in [5.74, 6) is 0.751. The van der Waals surface area contributed by atoms with Gasteiger partial charge in [-0.3, -0.25) is 9.59 Å². The molecule has 1 saturated heterocycles. The van der Waals surface area contributed by atoms with Crippen molar-refractivity contribution in [1.29, 1.82) is 0 Å². The van der Waals surface area contributed by atoms with Crippen LogP contribution in [0, 0.1) is 0 Å². The van der Waals surface area contributed by atoms with Gasteiger partial charge in [-0.15, -0.1) is 5.06 Å². The quantitative estimate of drug-likeness (QED) is 0.0975. The summed E-state index contributed by atoms with van der Waals surface area (Å²) in [6.07, 6.45) is 5.46. The van der Waals surface area contributed by atoms with Crippen molar-refractivity contribution in [2.24, 2.45) is 0 Å². The fraction of sp³-hybridized carbons (Fsp3) is 0.432. The number of amides is 3. The van der Waals surface area contributed by atoms with Crippen LogP contribution in [0.2, 0.25) is 0 Å². The number of esters is 1. The van der Waals surface area contributed by atoms with Crippen molar-refractivity contribution in [1.82, 2.24) is 10.2 Å². The molecule has 0 spiro atoms. The Hall–Kier alpha value is -4.77. The predicted octanol–water partition coefficient (Wildman–Crippen LogP) is 6.83. The lowest BCUT2D eigenvalue weighted by Gasteiger charge is -2.32. The number of hydrogen-bond donors (Lipinski definition) is 2. The molecule has 0 saturated carbocycles. The van der Waals surface area contributed by atoms with Gasteiger partial charge in [0.25, 0.3) is 5.91 Å². The Morgan fingerprint density at radius 2 is 1.62 bits per heavy atom. The van der Waals surface area contributed by atoms with Gasteiger partial charge in [0.15, 0.2) is 11.5 Å². The highest BCUT2D eigenvalue weighted by molar-refractivity contribution is 6.05. The minimum absolute atomic E-state index is 0.0846. The molecule has 2 N–H and O–H groups in total. The number of likely N-dealkylation sites (tertiary alicyclic amines) is 1. The first-order valence-corrected chi connectivity index (χ1v) is 16.7. The van der Waals surface area contributed by atoms with Crippen molar-refractivity contribution in [3.63, 3.8) is 0 Å². The molecule has 1 aliphatic rings. The van der Waals surface area contributed by atoms with E-state index in [1.54, 1.807) is 42.5 Å². The van der Waals surface area contributed by atoms with Gasteiger partial charge < -0.3 is 34.6 Å². The summed E-state index contributed by atoms with van der Waals surface area (Å²) in [6, 6.07) is 21.0. The molecule has 11 nitrogen and oxygen atoms in total. The smallest absolute Gasteiger partial charge is 0.319 e. The number of anilines is 2. The molecule has 1 heterocycles. The normalized spacial score (nSPS) is 13.4. The number of carbonyl (C=O) groups is 3. The Bertz CT molecular complexity index is 1460. The number of ether oxygens (including phenoxy) is 3. The van der Waals surface area contributed by atoms with Gasteiger partial charge in [-0.1, -0.05) is 32.0 Å². The molecule has 11 heteroatoms. The Balaban J connectivity index is 1.37. The van der Waals surface area contributed by atoms with E-state index in [0.29, 0.717) is 40.8 Å². The van der Waals surface area contributed by atoms with E-state index in [0.717, 1.165) is 58.2 Å². The van der Waals surface area contributed by atoms with Crippen LogP contribution < -0.4 is 30.0 Å². The number of hydrogen-bond acceptors (Lipinski definition) is 8. The van der Waals surface area contributed by atoms with Crippen LogP contribution in [0.25, 0.3) is 0 Å². The largest absolute Gasteiger partial charge is 0.493 e. The lowest BCUT2D eigenvalue weighted by Crippen LogP contribution is -2.38. The average molecular weight is 661 g/mol. The second kappa shape index (κ2) is 18.5. The van der Waals surface area contributed by atoms with Gasteiger partial charge in [-0.25, -0.2) is 4.79 Å². The van der Waals surface area contributed by atoms with E-state index in [1.165, 1.54) is 19.1 Å². The van der Waals surface area contributed by atoms with Gasteiger partial charge in [0.1, 0.15) is 11.9 Å². The maximum absolute atomic E-state index is 13.8. The monoisotopic (exact) mass is 660 g/mol. The fourth-order valence-electron chi connectivity index (χ4n) is 5.43. The first kappa shape index (κ1) is 36.1. The zero-order valence-electron chi connectivity index (χ0n) is 28.4. The fourth-order valence-corrected chi connectivity index (χ4v) is 5.43. The standard InChI is InChI=1S/C37H48N4O7/c1-5-29(6-2)38-37(44)39-30-16-19-34(35(26-30)45-4)48-41(31-12-8-7-9-13-31)36(43)28-14-17-32(18-15-28)47-33-20-23-40(24-21-33)22-10-11-25-46-27(3)42/h7-9,12-19,26,29,33H,5-6,10-11,20-25H2,1-4H3,(H2,38,39,44). The lowest BCUT2D eigenvalue weighted by atomic mass is 10.1. The number of nitrogens with one attached hydrogen (secondary N) is 2. The van der Waals surface area contributed by atoms with Crippen LogP contribution in [-0.2, 0) is 9.53 Å². The molecule has 0 aromatic heterocycles. The summed E-state index contributed by atoms with van der Waals surface area (Å²) in [5, 5.41) is 7.01. The highest BCUT2D eigenvalue weighted by Crippen LogP contribution is 2.33. The SMILES string of the molecule is CCC(CC)NC(=O)Nc1ccc(ON(C(=O)c2ccc(OC3CCN(CCCCOC(C)=O)CC3)cc2)c2ccccc2)c(OC)c1. The Labute approximate surface area is 283 Å². The van der Waals surface area contributed by atoms with Gasteiger partial charge in [0.05, 0.1) is 19.4 Å². The number of methoxy groups -OCH3 is 1. The molecule has 3 amide bonds. The van der Waals surface area contributed by atoms with Crippen LogP contribution >= 0.6 is 0 Å².